The molecule has 3 nitrogen and oxygen atoms in total. The maximum Gasteiger partial charge on any atom is 0.221 e. The Kier molecular flexibility index (Phi) is 5.29. The smallest absolute Gasteiger partial charge is 0.221 e. The number of carbonyl (C=O) groups excluding carboxylic acids is 1. The van der Waals surface area contributed by atoms with Crippen molar-refractivity contribution in [1.82, 2.24) is 5.32 Å². The molecule has 90 valence electrons. The predicted octanol–water partition coefficient (Wildman–Crippen LogP) is 2.06. The third-order valence-corrected chi connectivity index (χ3v) is 2.31. The minimum atomic E-state index is -0.418. The van der Waals surface area contributed by atoms with E-state index in [1.807, 2.05) is 13.8 Å². The molecule has 0 aliphatic carbocycles. The van der Waals surface area contributed by atoms with E-state index in [0.717, 1.165) is 19.4 Å². The van der Waals surface area contributed by atoms with E-state index in [1.54, 1.807) is 0 Å². The van der Waals surface area contributed by atoms with E-state index < -0.39 is 5.54 Å². The average molecular weight is 214 g/mol. The monoisotopic (exact) mass is 214 g/mol. The van der Waals surface area contributed by atoms with Crippen LogP contribution in [0.25, 0.3) is 0 Å². The van der Waals surface area contributed by atoms with Crippen LogP contribution in [-0.4, -0.2) is 18.0 Å². The van der Waals surface area contributed by atoms with Gasteiger partial charge in [-0.15, -0.1) is 0 Å². The van der Waals surface area contributed by atoms with Gasteiger partial charge in [-0.05, 0) is 25.7 Å². The summed E-state index contributed by atoms with van der Waals surface area (Å²) in [6.45, 7) is 11.0. The van der Waals surface area contributed by atoms with Gasteiger partial charge in [0.15, 0.2) is 0 Å². The molecular weight excluding hydrogens is 188 g/mol. The molecule has 0 rings (SSSR count). The van der Waals surface area contributed by atoms with Crippen molar-refractivity contribution < 1.29 is 4.79 Å². The summed E-state index contributed by atoms with van der Waals surface area (Å²) in [6, 6.07) is 0. The van der Waals surface area contributed by atoms with Crippen LogP contribution in [0.3, 0.4) is 0 Å². The second-order valence-corrected chi connectivity index (χ2v) is 5.86. The van der Waals surface area contributed by atoms with E-state index in [9.17, 15) is 4.79 Å². The fourth-order valence-corrected chi connectivity index (χ4v) is 1.58. The molecule has 0 radical (unpaired) electrons. The van der Waals surface area contributed by atoms with Gasteiger partial charge < -0.3 is 11.1 Å². The summed E-state index contributed by atoms with van der Waals surface area (Å²) in [5.41, 5.74) is 5.54. The van der Waals surface area contributed by atoms with Gasteiger partial charge >= 0.3 is 0 Å². The van der Waals surface area contributed by atoms with E-state index in [1.165, 1.54) is 0 Å². The van der Waals surface area contributed by atoms with E-state index in [2.05, 4.69) is 26.1 Å². The highest BCUT2D eigenvalue weighted by molar-refractivity contribution is 5.77. The standard InChI is InChI=1S/C12H26N2O/c1-6-7-11(2,3)9-14-10(15)8-12(4,5)13/h6-9,13H2,1-5H3,(H,14,15). The molecule has 0 fully saturated rings. The maximum absolute atomic E-state index is 11.5. The molecule has 0 saturated heterocycles. The summed E-state index contributed by atoms with van der Waals surface area (Å²) in [4.78, 5) is 11.5. The van der Waals surface area contributed by atoms with Crippen molar-refractivity contribution in [3.8, 4) is 0 Å². The fraction of sp³-hybridized carbons (Fsp3) is 0.917. The van der Waals surface area contributed by atoms with Crippen LogP contribution in [-0.2, 0) is 4.79 Å². The number of nitrogens with two attached hydrogens (primary N) is 1. The van der Waals surface area contributed by atoms with Gasteiger partial charge in [-0.1, -0.05) is 27.2 Å². The fourth-order valence-electron chi connectivity index (χ4n) is 1.58. The summed E-state index contributed by atoms with van der Waals surface area (Å²) in [7, 11) is 0. The van der Waals surface area contributed by atoms with Gasteiger partial charge in [-0.2, -0.15) is 0 Å². The first kappa shape index (κ1) is 14.4. The Labute approximate surface area is 93.8 Å². The summed E-state index contributed by atoms with van der Waals surface area (Å²) in [5.74, 6) is 0.0479. The molecule has 0 aromatic carbocycles. The molecule has 0 aromatic rings. The Morgan fingerprint density at radius 1 is 1.27 bits per heavy atom. The molecule has 3 heteroatoms. The SMILES string of the molecule is CCCC(C)(C)CNC(=O)CC(C)(C)N. The average Bonchev–Trinajstić information content (AvgIpc) is 1.98. The third kappa shape index (κ3) is 8.43. The van der Waals surface area contributed by atoms with Crippen LogP contribution < -0.4 is 11.1 Å². The largest absolute Gasteiger partial charge is 0.356 e. The summed E-state index contributed by atoms with van der Waals surface area (Å²) >= 11 is 0. The topological polar surface area (TPSA) is 55.1 Å². The zero-order chi connectivity index (χ0) is 12.1. The Morgan fingerprint density at radius 3 is 2.20 bits per heavy atom. The first-order valence-corrected chi connectivity index (χ1v) is 5.72. The lowest BCUT2D eigenvalue weighted by Gasteiger charge is -2.25. The van der Waals surface area contributed by atoms with E-state index in [-0.39, 0.29) is 11.3 Å². The van der Waals surface area contributed by atoms with Gasteiger partial charge in [0.2, 0.25) is 5.91 Å². The molecule has 0 spiro atoms. The Hall–Kier alpha value is -0.570. The minimum Gasteiger partial charge on any atom is -0.356 e. The van der Waals surface area contributed by atoms with Gasteiger partial charge in [0, 0.05) is 18.5 Å². The molecule has 0 aromatic heterocycles. The van der Waals surface area contributed by atoms with Gasteiger partial charge in [-0.3, -0.25) is 4.79 Å². The van der Waals surface area contributed by atoms with Crippen molar-refractivity contribution in [1.29, 1.82) is 0 Å². The van der Waals surface area contributed by atoms with E-state index in [4.69, 9.17) is 5.73 Å². The predicted molar refractivity (Wildman–Crippen MR) is 64.6 cm³/mol. The van der Waals surface area contributed by atoms with Crippen LogP contribution in [0.5, 0.6) is 0 Å². The molecule has 1 amide bonds. The van der Waals surface area contributed by atoms with Crippen molar-refractivity contribution in [3.05, 3.63) is 0 Å². The first-order chi connectivity index (χ1) is 6.66. The highest BCUT2D eigenvalue weighted by Crippen LogP contribution is 2.20. The number of hydrogen-bond donors (Lipinski definition) is 2. The Balaban J connectivity index is 3.90. The quantitative estimate of drug-likeness (QED) is 0.711. The highest BCUT2D eigenvalue weighted by Gasteiger charge is 2.20. The lowest BCUT2D eigenvalue weighted by Crippen LogP contribution is -2.41. The number of carbonyl (C=O) groups is 1. The third-order valence-electron chi connectivity index (χ3n) is 2.31. The van der Waals surface area contributed by atoms with Crippen LogP contribution in [0.4, 0.5) is 0 Å². The normalized spacial score (nSPS) is 12.7. The van der Waals surface area contributed by atoms with Crippen molar-refractivity contribution in [2.75, 3.05) is 6.54 Å². The zero-order valence-corrected chi connectivity index (χ0v) is 10.8. The Bertz CT molecular complexity index is 204. The summed E-state index contributed by atoms with van der Waals surface area (Å²) in [6.07, 6.45) is 2.65. The van der Waals surface area contributed by atoms with E-state index in [0.29, 0.717) is 6.42 Å². The van der Waals surface area contributed by atoms with Gasteiger partial charge in [0.05, 0.1) is 0 Å². The second-order valence-electron chi connectivity index (χ2n) is 5.86. The summed E-state index contributed by atoms with van der Waals surface area (Å²) in [5, 5.41) is 2.95. The molecule has 0 bridgehead atoms. The first-order valence-electron chi connectivity index (χ1n) is 5.72. The van der Waals surface area contributed by atoms with Crippen molar-refractivity contribution in [3.63, 3.8) is 0 Å². The second kappa shape index (κ2) is 5.50. The molecule has 0 atom stereocenters. The molecule has 0 aliphatic heterocycles. The number of rotatable bonds is 6. The Morgan fingerprint density at radius 2 is 1.80 bits per heavy atom. The molecule has 0 saturated carbocycles. The molecule has 3 N–H and O–H groups in total. The molecule has 0 unspecified atom stereocenters. The van der Waals surface area contributed by atoms with E-state index >= 15 is 0 Å². The van der Waals surface area contributed by atoms with Crippen molar-refractivity contribution >= 4 is 5.91 Å². The number of hydrogen-bond acceptors (Lipinski definition) is 2. The lowest BCUT2D eigenvalue weighted by atomic mass is 9.88. The molecule has 0 aliphatic rings. The number of amides is 1. The summed E-state index contributed by atoms with van der Waals surface area (Å²) < 4.78 is 0. The van der Waals surface area contributed by atoms with Crippen LogP contribution in [0.2, 0.25) is 0 Å². The molecular formula is C12H26N2O. The number of nitrogens with one attached hydrogen (secondary N) is 1. The van der Waals surface area contributed by atoms with Crippen LogP contribution in [0.1, 0.15) is 53.9 Å². The van der Waals surface area contributed by atoms with Crippen LogP contribution in [0, 0.1) is 5.41 Å². The minimum absolute atomic E-state index is 0.0479. The van der Waals surface area contributed by atoms with Crippen LogP contribution >= 0.6 is 0 Å². The molecule has 0 heterocycles. The van der Waals surface area contributed by atoms with Gasteiger partial charge in [-0.25, -0.2) is 0 Å². The van der Waals surface area contributed by atoms with Gasteiger partial charge in [0.1, 0.15) is 0 Å². The zero-order valence-electron chi connectivity index (χ0n) is 10.8. The maximum atomic E-state index is 11.5. The highest BCUT2D eigenvalue weighted by atomic mass is 16.1. The van der Waals surface area contributed by atoms with Crippen LogP contribution in [0.15, 0.2) is 0 Å². The molecule has 15 heavy (non-hydrogen) atoms. The van der Waals surface area contributed by atoms with Crippen molar-refractivity contribution in [2.45, 2.75) is 59.4 Å². The lowest BCUT2D eigenvalue weighted by molar-refractivity contribution is -0.122. The van der Waals surface area contributed by atoms with Gasteiger partial charge in [0.25, 0.3) is 0 Å². The van der Waals surface area contributed by atoms with Crippen molar-refractivity contribution in [2.24, 2.45) is 11.1 Å².